The first-order valence-corrected chi connectivity index (χ1v) is 5.86. The monoisotopic (exact) mass is 236 g/mol. The Kier molecular flexibility index (Phi) is 5.49. The summed E-state index contributed by atoms with van der Waals surface area (Å²) in [7, 11) is 1.57. The predicted octanol–water partition coefficient (Wildman–Crippen LogP) is 1.74. The molecule has 0 spiro atoms. The first-order valence-electron chi connectivity index (χ1n) is 5.86. The minimum absolute atomic E-state index is 0.0315. The number of carbonyl (C=O) groups is 1. The molecule has 0 saturated carbocycles. The Labute approximate surface area is 102 Å². The topological polar surface area (TPSA) is 55.6 Å². The Bertz CT molecular complexity index is 347. The van der Waals surface area contributed by atoms with E-state index in [0.717, 1.165) is 23.6 Å². The fraction of sp³-hybridized carbons (Fsp3) is 0.462. The van der Waals surface area contributed by atoms with Crippen LogP contribution < -0.4 is 10.6 Å². The summed E-state index contributed by atoms with van der Waals surface area (Å²) >= 11 is 0. The van der Waals surface area contributed by atoms with Crippen LogP contribution in [0, 0.1) is 0 Å². The molecule has 1 rings (SSSR count). The Morgan fingerprint density at radius 2 is 2.00 bits per heavy atom. The van der Waals surface area contributed by atoms with Crippen LogP contribution in [0.3, 0.4) is 0 Å². The highest BCUT2D eigenvalue weighted by Gasteiger charge is 2.04. The minimum atomic E-state index is -0.0315. The van der Waals surface area contributed by atoms with Crippen LogP contribution >= 0.6 is 0 Å². The van der Waals surface area contributed by atoms with Gasteiger partial charge in [-0.1, -0.05) is 12.1 Å². The summed E-state index contributed by atoms with van der Waals surface area (Å²) in [6.07, 6.45) is 2.18. The molecule has 0 saturated heterocycles. The molecule has 0 unspecified atom stereocenters. The summed E-state index contributed by atoms with van der Waals surface area (Å²) in [5, 5.41) is 1.14. The third-order valence-corrected chi connectivity index (χ3v) is 2.48. The van der Waals surface area contributed by atoms with E-state index < -0.39 is 0 Å². The summed E-state index contributed by atoms with van der Waals surface area (Å²) in [4.78, 5) is 11.3. The molecule has 4 nitrogen and oxygen atoms in total. The van der Waals surface area contributed by atoms with Gasteiger partial charge in [-0.15, -0.1) is 0 Å². The van der Waals surface area contributed by atoms with E-state index in [1.54, 1.807) is 7.05 Å². The molecule has 4 heteroatoms. The number of hydrogen-bond donors (Lipinski definition) is 1. The lowest BCUT2D eigenvalue weighted by Crippen LogP contribution is -2.32. The fourth-order valence-electron chi connectivity index (χ4n) is 1.54. The first-order chi connectivity index (χ1) is 8.13. The molecule has 1 aromatic rings. The highest BCUT2D eigenvalue weighted by atomic mass is 16.5. The summed E-state index contributed by atoms with van der Waals surface area (Å²) in [5.74, 6) is 6.19. The summed E-state index contributed by atoms with van der Waals surface area (Å²) in [6, 6.07) is 7.97. The van der Waals surface area contributed by atoms with Crippen molar-refractivity contribution in [1.29, 1.82) is 0 Å². The van der Waals surface area contributed by atoms with Gasteiger partial charge in [0.15, 0.2) is 0 Å². The fourth-order valence-corrected chi connectivity index (χ4v) is 1.54. The van der Waals surface area contributed by atoms with Gasteiger partial charge in [0.05, 0.1) is 6.61 Å². The minimum Gasteiger partial charge on any atom is -0.494 e. The van der Waals surface area contributed by atoms with E-state index in [0.29, 0.717) is 13.0 Å². The van der Waals surface area contributed by atoms with Gasteiger partial charge in [-0.05, 0) is 37.5 Å². The van der Waals surface area contributed by atoms with E-state index >= 15 is 0 Å². The van der Waals surface area contributed by atoms with Crippen LogP contribution in [-0.2, 0) is 11.2 Å². The Balaban J connectivity index is 2.34. The van der Waals surface area contributed by atoms with Crippen LogP contribution in [0.5, 0.6) is 5.75 Å². The Hall–Kier alpha value is -1.55. The number of nitrogens with two attached hydrogens (primary N) is 1. The second-order valence-electron chi connectivity index (χ2n) is 3.94. The molecule has 2 N–H and O–H groups in total. The predicted molar refractivity (Wildman–Crippen MR) is 67.5 cm³/mol. The second-order valence-corrected chi connectivity index (χ2v) is 3.94. The number of carbonyl (C=O) groups excluding carboxylic acids is 1. The lowest BCUT2D eigenvalue weighted by Gasteiger charge is -2.09. The van der Waals surface area contributed by atoms with Crippen molar-refractivity contribution in [2.24, 2.45) is 5.84 Å². The normalized spacial score (nSPS) is 10.1. The smallest absolute Gasteiger partial charge is 0.236 e. The number of hydrazine groups is 1. The van der Waals surface area contributed by atoms with Crippen molar-refractivity contribution in [3.63, 3.8) is 0 Å². The molecule has 0 aromatic heterocycles. The average molecular weight is 236 g/mol. The zero-order valence-corrected chi connectivity index (χ0v) is 10.5. The first kappa shape index (κ1) is 13.5. The van der Waals surface area contributed by atoms with Crippen molar-refractivity contribution in [1.82, 2.24) is 5.01 Å². The van der Waals surface area contributed by atoms with E-state index in [9.17, 15) is 4.79 Å². The van der Waals surface area contributed by atoms with Crippen LogP contribution in [0.25, 0.3) is 0 Å². The maximum absolute atomic E-state index is 11.3. The van der Waals surface area contributed by atoms with E-state index in [1.165, 1.54) is 5.56 Å². The average Bonchev–Trinajstić information content (AvgIpc) is 2.31. The van der Waals surface area contributed by atoms with Crippen LogP contribution in [0.1, 0.15) is 25.3 Å². The molecule has 0 radical (unpaired) electrons. The molecule has 0 fully saturated rings. The second kappa shape index (κ2) is 6.91. The SMILES string of the molecule is CCOc1ccc(CCCC(=O)N(C)N)cc1. The van der Waals surface area contributed by atoms with Gasteiger partial charge in [0.1, 0.15) is 5.75 Å². The zero-order chi connectivity index (χ0) is 12.7. The van der Waals surface area contributed by atoms with Gasteiger partial charge in [-0.3, -0.25) is 9.80 Å². The molecule has 0 atom stereocenters. The highest BCUT2D eigenvalue weighted by Crippen LogP contribution is 2.13. The van der Waals surface area contributed by atoms with Crippen molar-refractivity contribution in [2.45, 2.75) is 26.2 Å². The molecule has 0 bridgehead atoms. The summed E-state index contributed by atoms with van der Waals surface area (Å²) < 4.78 is 5.36. The molecule has 0 aliphatic rings. The number of benzene rings is 1. The molecule has 1 amide bonds. The van der Waals surface area contributed by atoms with E-state index in [4.69, 9.17) is 10.6 Å². The Morgan fingerprint density at radius 1 is 1.35 bits per heavy atom. The summed E-state index contributed by atoms with van der Waals surface area (Å²) in [5.41, 5.74) is 1.21. The maximum Gasteiger partial charge on any atom is 0.236 e. The number of hydrogen-bond acceptors (Lipinski definition) is 3. The van der Waals surface area contributed by atoms with Crippen molar-refractivity contribution >= 4 is 5.91 Å². The third kappa shape index (κ3) is 4.87. The molecule has 0 aliphatic heterocycles. The van der Waals surface area contributed by atoms with Crippen molar-refractivity contribution in [2.75, 3.05) is 13.7 Å². The molecule has 1 aromatic carbocycles. The van der Waals surface area contributed by atoms with E-state index in [2.05, 4.69) is 0 Å². The van der Waals surface area contributed by atoms with Gasteiger partial charge in [-0.2, -0.15) is 0 Å². The maximum atomic E-state index is 11.3. The van der Waals surface area contributed by atoms with Gasteiger partial charge in [-0.25, -0.2) is 5.84 Å². The van der Waals surface area contributed by atoms with Gasteiger partial charge >= 0.3 is 0 Å². The quantitative estimate of drug-likeness (QED) is 0.465. The van der Waals surface area contributed by atoms with Crippen molar-refractivity contribution in [3.8, 4) is 5.75 Å². The molecule has 17 heavy (non-hydrogen) atoms. The van der Waals surface area contributed by atoms with Gasteiger partial charge in [0.25, 0.3) is 0 Å². The molecule has 0 heterocycles. The van der Waals surface area contributed by atoms with Crippen LogP contribution in [0.15, 0.2) is 24.3 Å². The van der Waals surface area contributed by atoms with Gasteiger partial charge < -0.3 is 4.74 Å². The standard InChI is InChI=1S/C13H20N2O2/c1-3-17-12-9-7-11(8-10-12)5-4-6-13(16)15(2)14/h7-10H,3-6,14H2,1-2H3. The highest BCUT2D eigenvalue weighted by molar-refractivity contribution is 5.75. The zero-order valence-electron chi connectivity index (χ0n) is 10.5. The number of ether oxygens (including phenoxy) is 1. The number of aryl methyl sites for hydroxylation is 1. The number of amides is 1. The van der Waals surface area contributed by atoms with Gasteiger partial charge in [0, 0.05) is 13.5 Å². The third-order valence-electron chi connectivity index (χ3n) is 2.48. The number of nitrogens with zero attached hydrogens (tertiary/aromatic N) is 1. The number of rotatable bonds is 6. The molecular formula is C13H20N2O2. The van der Waals surface area contributed by atoms with Crippen molar-refractivity contribution < 1.29 is 9.53 Å². The van der Waals surface area contributed by atoms with Crippen LogP contribution in [-0.4, -0.2) is 24.6 Å². The lowest BCUT2D eigenvalue weighted by molar-refractivity contribution is -0.130. The van der Waals surface area contributed by atoms with Crippen LogP contribution in [0.2, 0.25) is 0 Å². The van der Waals surface area contributed by atoms with E-state index in [1.807, 2.05) is 31.2 Å². The molecular weight excluding hydrogens is 216 g/mol. The molecule has 94 valence electrons. The lowest BCUT2D eigenvalue weighted by atomic mass is 10.1. The van der Waals surface area contributed by atoms with Crippen LogP contribution in [0.4, 0.5) is 0 Å². The Morgan fingerprint density at radius 3 is 2.53 bits per heavy atom. The largest absolute Gasteiger partial charge is 0.494 e. The summed E-state index contributed by atoms with van der Waals surface area (Å²) in [6.45, 7) is 2.64. The molecule has 0 aliphatic carbocycles. The van der Waals surface area contributed by atoms with E-state index in [-0.39, 0.29) is 5.91 Å². The van der Waals surface area contributed by atoms with Gasteiger partial charge in [0.2, 0.25) is 5.91 Å². The van der Waals surface area contributed by atoms with Crippen molar-refractivity contribution in [3.05, 3.63) is 29.8 Å².